The number of hydrogen-bond acceptors (Lipinski definition) is 5. The monoisotopic (exact) mass is 262 g/mol. The molecule has 0 bridgehead atoms. The minimum atomic E-state index is -0.630. The SMILES string of the molecule is COc1cccc(N2CCOC(C#N)C2)c1C(C)O. The van der Waals surface area contributed by atoms with Crippen LogP contribution in [0.4, 0.5) is 5.69 Å². The first-order chi connectivity index (χ1) is 9.17. The van der Waals surface area contributed by atoms with Crippen LogP contribution in [-0.2, 0) is 4.74 Å². The molecule has 5 heteroatoms. The molecule has 2 rings (SSSR count). The molecule has 1 aromatic carbocycles. The molecule has 1 heterocycles. The largest absolute Gasteiger partial charge is 0.496 e. The molecule has 19 heavy (non-hydrogen) atoms. The van der Waals surface area contributed by atoms with Crippen LogP contribution in [0, 0.1) is 11.3 Å². The van der Waals surface area contributed by atoms with Crippen molar-refractivity contribution < 1.29 is 14.6 Å². The van der Waals surface area contributed by atoms with Crippen molar-refractivity contribution in [2.75, 3.05) is 31.7 Å². The van der Waals surface area contributed by atoms with Gasteiger partial charge in [0, 0.05) is 17.8 Å². The lowest BCUT2D eigenvalue weighted by Gasteiger charge is -2.33. The van der Waals surface area contributed by atoms with Gasteiger partial charge < -0.3 is 19.5 Å². The number of anilines is 1. The Labute approximate surface area is 113 Å². The van der Waals surface area contributed by atoms with Gasteiger partial charge in [0.1, 0.15) is 5.75 Å². The van der Waals surface area contributed by atoms with Crippen LogP contribution in [0.5, 0.6) is 5.75 Å². The van der Waals surface area contributed by atoms with Crippen LogP contribution in [0.1, 0.15) is 18.6 Å². The highest BCUT2D eigenvalue weighted by Crippen LogP contribution is 2.35. The number of ether oxygens (including phenoxy) is 2. The van der Waals surface area contributed by atoms with Gasteiger partial charge in [-0.3, -0.25) is 0 Å². The molecule has 1 aliphatic heterocycles. The van der Waals surface area contributed by atoms with Gasteiger partial charge in [0.25, 0.3) is 0 Å². The summed E-state index contributed by atoms with van der Waals surface area (Å²) in [6, 6.07) is 7.77. The number of methoxy groups -OCH3 is 1. The average Bonchev–Trinajstić information content (AvgIpc) is 2.46. The molecule has 2 unspecified atom stereocenters. The number of nitrogens with zero attached hydrogens (tertiary/aromatic N) is 2. The molecule has 0 radical (unpaired) electrons. The summed E-state index contributed by atoms with van der Waals surface area (Å²) in [6.45, 7) is 3.42. The maximum atomic E-state index is 9.97. The second kappa shape index (κ2) is 5.91. The van der Waals surface area contributed by atoms with Crippen molar-refractivity contribution in [3.8, 4) is 11.8 Å². The number of aliphatic hydroxyl groups excluding tert-OH is 1. The Balaban J connectivity index is 2.36. The Bertz CT molecular complexity index is 482. The van der Waals surface area contributed by atoms with Gasteiger partial charge in [-0.1, -0.05) is 6.07 Å². The minimum Gasteiger partial charge on any atom is -0.496 e. The molecule has 0 saturated carbocycles. The van der Waals surface area contributed by atoms with E-state index < -0.39 is 12.2 Å². The molecule has 1 aromatic rings. The molecule has 1 saturated heterocycles. The Morgan fingerprint density at radius 1 is 1.58 bits per heavy atom. The maximum Gasteiger partial charge on any atom is 0.161 e. The van der Waals surface area contributed by atoms with E-state index in [1.165, 1.54) is 0 Å². The van der Waals surface area contributed by atoms with E-state index in [9.17, 15) is 5.11 Å². The second-order valence-electron chi connectivity index (χ2n) is 4.50. The molecule has 1 aliphatic rings. The molecule has 0 amide bonds. The number of rotatable bonds is 3. The highest BCUT2D eigenvalue weighted by Gasteiger charge is 2.24. The quantitative estimate of drug-likeness (QED) is 0.893. The van der Waals surface area contributed by atoms with Crippen LogP contribution in [0.2, 0.25) is 0 Å². The van der Waals surface area contributed by atoms with Crippen LogP contribution < -0.4 is 9.64 Å². The molecular weight excluding hydrogens is 244 g/mol. The Hall–Kier alpha value is -1.77. The van der Waals surface area contributed by atoms with Crippen molar-refractivity contribution in [1.29, 1.82) is 5.26 Å². The van der Waals surface area contributed by atoms with Crippen LogP contribution >= 0.6 is 0 Å². The lowest BCUT2D eigenvalue weighted by atomic mass is 10.0. The van der Waals surface area contributed by atoms with E-state index in [4.69, 9.17) is 14.7 Å². The summed E-state index contributed by atoms with van der Waals surface area (Å²) in [5.41, 5.74) is 1.65. The fourth-order valence-electron chi connectivity index (χ4n) is 2.35. The van der Waals surface area contributed by atoms with Crippen LogP contribution in [0.25, 0.3) is 0 Å². The van der Waals surface area contributed by atoms with Gasteiger partial charge in [0.2, 0.25) is 0 Å². The molecule has 1 N–H and O–H groups in total. The predicted octanol–water partition coefficient (Wildman–Crippen LogP) is 1.48. The zero-order valence-electron chi connectivity index (χ0n) is 11.2. The van der Waals surface area contributed by atoms with Crippen molar-refractivity contribution in [3.05, 3.63) is 23.8 Å². The fourth-order valence-corrected chi connectivity index (χ4v) is 2.35. The van der Waals surface area contributed by atoms with E-state index >= 15 is 0 Å². The van der Waals surface area contributed by atoms with E-state index in [0.717, 1.165) is 11.3 Å². The van der Waals surface area contributed by atoms with E-state index in [2.05, 4.69) is 11.0 Å². The van der Waals surface area contributed by atoms with Crippen molar-refractivity contribution >= 4 is 5.69 Å². The predicted molar refractivity (Wildman–Crippen MR) is 71.2 cm³/mol. The molecule has 2 atom stereocenters. The van der Waals surface area contributed by atoms with Gasteiger partial charge in [0.05, 0.1) is 32.4 Å². The molecule has 1 fully saturated rings. The van der Waals surface area contributed by atoms with Crippen molar-refractivity contribution in [3.63, 3.8) is 0 Å². The summed E-state index contributed by atoms with van der Waals surface area (Å²) < 4.78 is 10.6. The first kappa shape index (κ1) is 13.7. The van der Waals surface area contributed by atoms with Gasteiger partial charge in [0.15, 0.2) is 6.10 Å². The third-order valence-electron chi connectivity index (χ3n) is 3.23. The zero-order chi connectivity index (χ0) is 13.8. The summed E-state index contributed by atoms with van der Waals surface area (Å²) in [6.07, 6.45) is -1.06. The topological polar surface area (TPSA) is 65.7 Å². The van der Waals surface area contributed by atoms with E-state index in [1.54, 1.807) is 14.0 Å². The van der Waals surface area contributed by atoms with Crippen molar-refractivity contribution in [2.24, 2.45) is 0 Å². The zero-order valence-corrected chi connectivity index (χ0v) is 11.2. The molecule has 0 spiro atoms. The Kier molecular flexibility index (Phi) is 4.25. The number of benzene rings is 1. The lowest BCUT2D eigenvalue weighted by molar-refractivity contribution is 0.0761. The van der Waals surface area contributed by atoms with E-state index in [0.29, 0.717) is 25.4 Å². The maximum absolute atomic E-state index is 9.97. The normalized spacial score (nSPS) is 20.7. The highest BCUT2D eigenvalue weighted by molar-refractivity contribution is 5.60. The first-order valence-electron chi connectivity index (χ1n) is 6.28. The third kappa shape index (κ3) is 2.80. The van der Waals surface area contributed by atoms with E-state index in [-0.39, 0.29) is 0 Å². The van der Waals surface area contributed by atoms with E-state index in [1.807, 2.05) is 18.2 Å². The molecule has 5 nitrogen and oxygen atoms in total. The van der Waals surface area contributed by atoms with Gasteiger partial charge in [-0.05, 0) is 19.1 Å². The lowest BCUT2D eigenvalue weighted by Crippen LogP contribution is -2.42. The first-order valence-corrected chi connectivity index (χ1v) is 6.28. The number of hydrogen-bond donors (Lipinski definition) is 1. The summed E-state index contributed by atoms with van der Waals surface area (Å²) in [7, 11) is 1.59. The number of nitriles is 1. The molecular formula is C14H18N2O3. The molecule has 102 valence electrons. The summed E-state index contributed by atoms with van der Waals surface area (Å²) in [5, 5.41) is 18.9. The van der Waals surface area contributed by atoms with Crippen LogP contribution in [0.15, 0.2) is 18.2 Å². The number of morpholine rings is 1. The van der Waals surface area contributed by atoms with Crippen LogP contribution in [-0.4, -0.2) is 38.0 Å². The summed E-state index contributed by atoms with van der Waals surface area (Å²) in [4.78, 5) is 2.06. The average molecular weight is 262 g/mol. The fraction of sp³-hybridized carbons (Fsp3) is 0.500. The molecule has 0 aliphatic carbocycles. The smallest absolute Gasteiger partial charge is 0.161 e. The standard InChI is InChI=1S/C14H18N2O3/c1-10(17)14-12(4-3-5-13(14)18-2)16-6-7-19-11(8-15)9-16/h3-5,10-11,17H,6-7,9H2,1-2H3. The highest BCUT2D eigenvalue weighted by atomic mass is 16.5. The van der Waals surface area contributed by atoms with Gasteiger partial charge in [-0.25, -0.2) is 0 Å². The van der Waals surface area contributed by atoms with Crippen molar-refractivity contribution in [1.82, 2.24) is 0 Å². The molecule has 0 aromatic heterocycles. The van der Waals surface area contributed by atoms with Crippen LogP contribution in [0.3, 0.4) is 0 Å². The third-order valence-corrected chi connectivity index (χ3v) is 3.23. The van der Waals surface area contributed by atoms with Crippen molar-refractivity contribution in [2.45, 2.75) is 19.1 Å². The Morgan fingerprint density at radius 2 is 2.37 bits per heavy atom. The second-order valence-corrected chi connectivity index (χ2v) is 4.50. The van der Waals surface area contributed by atoms with Gasteiger partial charge >= 0.3 is 0 Å². The van der Waals surface area contributed by atoms with Gasteiger partial charge in [-0.2, -0.15) is 5.26 Å². The number of aliphatic hydroxyl groups is 1. The Morgan fingerprint density at radius 3 is 3.00 bits per heavy atom. The minimum absolute atomic E-state index is 0.429. The summed E-state index contributed by atoms with van der Waals surface area (Å²) >= 11 is 0. The summed E-state index contributed by atoms with van der Waals surface area (Å²) in [5.74, 6) is 0.660. The van der Waals surface area contributed by atoms with Gasteiger partial charge in [-0.15, -0.1) is 0 Å².